The fraction of sp³-hybridized carbons (Fsp3) is 0.917. The van der Waals surface area contributed by atoms with E-state index in [9.17, 15) is 4.79 Å². The van der Waals surface area contributed by atoms with Gasteiger partial charge in [-0.25, -0.2) is 0 Å². The van der Waals surface area contributed by atoms with Gasteiger partial charge in [-0.05, 0) is 19.3 Å². The summed E-state index contributed by atoms with van der Waals surface area (Å²) in [6.45, 7) is 1.73. The Bertz CT molecular complexity index is 215. The number of nitrogens with two attached hydrogens (primary N) is 1. The van der Waals surface area contributed by atoms with Crippen LogP contribution in [0.4, 0.5) is 0 Å². The Labute approximate surface area is 97.6 Å². The van der Waals surface area contributed by atoms with Crippen molar-refractivity contribution in [1.82, 2.24) is 5.32 Å². The van der Waals surface area contributed by atoms with E-state index in [0.717, 1.165) is 6.42 Å². The van der Waals surface area contributed by atoms with Crippen LogP contribution in [0.1, 0.15) is 45.4 Å². The second-order valence-corrected chi connectivity index (χ2v) is 4.94. The van der Waals surface area contributed by atoms with Crippen LogP contribution in [0.15, 0.2) is 0 Å². The Hall–Kier alpha value is -0.610. The maximum Gasteiger partial charge on any atom is 0.237 e. The first-order chi connectivity index (χ1) is 7.63. The highest BCUT2D eigenvalue weighted by Crippen LogP contribution is 2.26. The van der Waals surface area contributed by atoms with E-state index in [-0.39, 0.29) is 18.6 Å². The number of aliphatic hydroxyl groups is 1. The van der Waals surface area contributed by atoms with Crippen molar-refractivity contribution < 1.29 is 9.90 Å². The van der Waals surface area contributed by atoms with E-state index in [1.807, 2.05) is 0 Å². The highest BCUT2D eigenvalue weighted by Gasteiger charge is 2.21. The molecule has 1 saturated carbocycles. The van der Waals surface area contributed by atoms with Crippen molar-refractivity contribution in [2.75, 3.05) is 6.61 Å². The molecular formula is C12H24N2O2. The molecule has 1 fully saturated rings. The fourth-order valence-corrected chi connectivity index (χ4v) is 2.28. The summed E-state index contributed by atoms with van der Waals surface area (Å²) in [6.07, 6.45) is 7.05. The molecule has 0 unspecified atom stereocenters. The van der Waals surface area contributed by atoms with Crippen molar-refractivity contribution in [2.24, 2.45) is 11.7 Å². The second kappa shape index (κ2) is 6.86. The summed E-state index contributed by atoms with van der Waals surface area (Å²) in [4.78, 5) is 11.6. The summed E-state index contributed by atoms with van der Waals surface area (Å²) < 4.78 is 0. The van der Waals surface area contributed by atoms with E-state index >= 15 is 0 Å². The number of carbonyl (C=O) groups excluding carboxylic acids is 1. The van der Waals surface area contributed by atoms with Crippen LogP contribution in [0.2, 0.25) is 0 Å². The highest BCUT2D eigenvalue weighted by atomic mass is 16.3. The quantitative estimate of drug-likeness (QED) is 0.651. The maximum absolute atomic E-state index is 11.6. The van der Waals surface area contributed by atoms with Crippen molar-refractivity contribution in [3.05, 3.63) is 0 Å². The zero-order valence-electron chi connectivity index (χ0n) is 10.1. The van der Waals surface area contributed by atoms with Crippen LogP contribution in [0, 0.1) is 5.92 Å². The third-order valence-corrected chi connectivity index (χ3v) is 3.31. The lowest BCUT2D eigenvalue weighted by atomic mass is 9.85. The minimum Gasteiger partial charge on any atom is -0.394 e. The van der Waals surface area contributed by atoms with Gasteiger partial charge in [0.05, 0.1) is 12.6 Å². The molecule has 0 radical (unpaired) electrons. The Balaban J connectivity index is 2.27. The zero-order valence-corrected chi connectivity index (χ0v) is 10.1. The van der Waals surface area contributed by atoms with Gasteiger partial charge in [-0.3, -0.25) is 4.79 Å². The molecule has 1 amide bonds. The number of nitrogens with one attached hydrogen (secondary N) is 1. The molecular weight excluding hydrogens is 204 g/mol. The molecule has 0 bridgehead atoms. The average molecular weight is 228 g/mol. The molecule has 1 aliphatic rings. The first-order valence-corrected chi connectivity index (χ1v) is 6.30. The lowest BCUT2D eigenvalue weighted by molar-refractivity contribution is -0.123. The topological polar surface area (TPSA) is 75.3 Å². The molecule has 0 aromatic rings. The minimum atomic E-state index is -0.419. The summed E-state index contributed by atoms with van der Waals surface area (Å²) >= 11 is 0. The lowest BCUT2D eigenvalue weighted by Gasteiger charge is -2.24. The minimum absolute atomic E-state index is 0.0398. The summed E-state index contributed by atoms with van der Waals surface area (Å²) in [5.74, 6) is 0.478. The molecule has 0 aromatic carbocycles. The first-order valence-electron chi connectivity index (χ1n) is 6.30. The van der Waals surface area contributed by atoms with Gasteiger partial charge < -0.3 is 16.2 Å². The van der Waals surface area contributed by atoms with Crippen molar-refractivity contribution in [1.29, 1.82) is 0 Å². The van der Waals surface area contributed by atoms with Crippen LogP contribution in [0.3, 0.4) is 0 Å². The van der Waals surface area contributed by atoms with Crippen molar-refractivity contribution in [3.63, 3.8) is 0 Å². The molecule has 4 nitrogen and oxygen atoms in total. The second-order valence-electron chi connectivity index (χ2n) is 4.94. The molecule has 1 rings (SSSR count). The smallest absolute Gasteiger partial charge is 0.237 e. The highest BCUT2D eigenvalue weighted by molar-refractivity contribution is 5.81. The fourth-order valence-electron chi connectivity index (χ4n) is 2.28. The van der Waals surface area contributed by atoms with Crippen LogP contribution in [-0.2, 0) is 4.79 Å². The van der Waals surface area contributed by atoms with Gasteiger partial charge in [-0.1, -0.05) is 32.1 Å². The molecule has 4 N–H and O–H groups in total. The molecule has 94 valence electrons. The standard InChI is InChI=1S/C12H24N2O2/c1-9(8-15)14-12(16)11(13)7-10-5-3-2-4-6-10/h9-11,15H,2-8,13H2,1H3,(H,14,16)/t9-,11-/m0/s1. The van der Waals surface area contributed by atoms with Crippen LogP contribution in [0.25, 0.3) is 0 Å². The van der Waals surface area contributed by atoms with Crippen LogP contribution >= 0.6 is 0 Å². The Morgan fingerprint density at radius 2 is 2.06 bits per heavy atom. The van der Waals surface area contributed by atoms with Gasteiger partial charge in [0, 0.05) is 6.04 Å². The number of rotatable bonds is 5. The number of aliphatic hydroxyl groups excluding tert-OH is 1. The van der Waals surface area contributed by atoms with Crippen molar-refractivity contribution in [3.8, 4) is 0 Å². The van der Waals surface area contributed by atoms with E-state index in [1.165, 1.54) is 32.1 Å². The van der Waals surface area contributed by atoms with E-state index in [2.05, 4.69) is 5.32 Å². The molecule has 2 atom stereocenters. The van der Waals surface area contributed by atoms with Crippen molar-refractivity contribution in [2.45, 2.75) is 57.5 Å². The number of hydrogen-bond acceptors (Lipinski definition) is 3. The summed E-state index contributed by atoms with van der Waals surface area (Å²) in [6, 6.07) is -0.623. The molecule has 16 heavy (non-hydrogen) atoms. The van der Waals surface area contributed by atoms with Crippen LogP contribution in [0.5, 0.6) is 0 Å². The van der Waals surface area contributed by atoms with Crippen molar-refractivity contribution >= 4 is 5.91 Å². The van der Waals surface area contributed by atoms with E-state index in [0.29, 0.717) is 5.92 Å². The third-order valence-electron chi connectivity index (χ3n) is 3.31. The maximum atomic E-state index is 11.6. The largest absolute Gasteiger partial charge is 0.394 e. The van der Waals surface area contributed by atoms with Gasteiger partial charge in [0.25, 0.3) is 0 Å². The molecule has 0 aliphatic heterocycles. The van der Waals surface area contributed by atoms with Crippen LogP contribution in [-0.4, -0.2) is 29.7 Å². The predicted octanol–water partition coefficient (Wildman–Crippen LogP) is 0.781. The average Bonchev–Trinajstić information content (AvgIpc) is 2.30. The Morgan fingerprint density at radius 3 is 2.62 bits per heavy atom. The zero-order chi connectivity index (χ0) is 12.0. The molecule has 0 heterocycles. The molecule has 4 heteroatoms. The first kappa shape index (κ1) is 13.5. The predicted molar refractivity (Wildman–Crippen MR) is 63.9 cm³/mol. The van der Waals surface area contributed by atoms with Gasteiger partial charge in [0.2, 0.25) is 5.91 Å². The van der Waals surface area contributed by atoms with E-state index in [4.69, 9.17) is 10.8 Å². The molecule has 0 spiro atoms. The Kier molecular flexibility index (Phi) is 5.77. The molecule has 0 saturated heterocycles. The van der Waals surface area contributed by atoms with Gasteiger partial charge in [-0.2, -0.15) is 0 Å². The van der Waals surface area contributed by atoms with Gasteiger partial charge in [-0.15, -0.1) is 0 Å². The number of hydrogen-bond donors (Lipinski definition) is 3. The monoisotopic (exact) mass is 228 g/mol. The lowest BCUT2D eigenvalue weighted by Crippen LogP contribution is -2.46. The summed E-state index contributed by atoms with van der Waals surface area (Å²) in [7, 11) is 0. The SMILES string of the molecule is C[C@@H](CO)NC(=O)[C@@H](N)CC1CCCCC1. The Morgan fingerprint density at radius 1 is 1.44 bits per heavy atom. The van der Waals surface area contributed by atoms with E-state index < -0.39 is 6.04 Å². The van der Waals surface area contributed by atoms with Gasteiger partial charge in [0.1, 0.15) is 0 Å². The molecule has 1 aliphatic carbocycles. The summed E-state index contributed by atoms with van der Waals surface area (Å²) in [5, 5.41) is 11.5. The van der Waals surface area contributed by atoms with Gasteiger partial charge >= 0.3 is 0 Å². The van der Waals surface area contributed by atoms with E-state index in [1.54, 1.807) is 6.92 Å². The van der Waals surface area contributed by atoms with Gasteiger partial charge in [0.15, 0.2) is 0 Å². The normalized spacial score (nSPS) is 21.4. The number of carbonyl (C=O) groups is 1. The van der Waals surface area contributed by atoms with Crippen LogP contribution < -0.4 is 11.1 Å². The molecule has 0 aromatic heterocycles. The summed E-state index contributed by atoms with van der Waals surface area (Å²) in [5.41, 5.74) is 5.86. The number of amides is 1. The third kappa shape index (κ3) is 4.49.